The van der Waals surface area contributed by atoms with Crippen LogP contribution in [-0.2, 0) is 0 Å². The molecule has 1 rings (SSSR count). The molecule has 1 aliphatic rings. The van der Waals surface area contributed by atoms with Crippen LogP contribution >= 0.6 is 0 Å². The van der Waals surface area contributed by atoms with Crippen molar-refractivity contribution in [2.75, 3.05) is 20.1 Å². The molecule has 0 aromatic carbocycles. The minimum absolute atomic E-state index is 0.171. The number of β-amino-alcohol motifs (C(OH)–C–C–N with tert-alkyl or cyclic N) is 1. The number of rotatable bonds is 2. The average Bonchev–Trinajstić information content (AvgIpc) is 2.55. The Bertz CT molecular complexity index is 407. The fraction of sp³-hybridized carbons (Fsp3) is 0.769. The molecule has 0 amide bonds. The summed E-state index contributed by atoms with van der Waals surface area (Å²) in [5.41, 5.74) is 10.6. The van der Waals surface area contributed by atoms with E-state index < -0.39 is 16.6 Å². The topological polar surface area (TPSA) is 131 Å². The number of hydrogen-bond acceptors (Lipinski definition) is 6. The molecule has 1 saturated heterocycles. The van der Waals surface area contributed by atoms with Crippen molar-refractivity contribution in [2.24, 2.45) is 16.5 Å². The molecule has 1 aliphatic heterocycles. The Hall–Kier alpha value is -1.67. The number of aliphatic hydroxyl groups is 1. The van der Waals surface area contributed by atoms with Crippen LogP contribution in [0.4, 0.5) is 0 Å². The highest BCUT2D eigenvalue weighted by Gasteiger charge is 2.33. The number of nitrogens with zero attached hydrogens (tertiary/aromatic N) is 3. The molecular weight excluding hydrogens is 274 g/mol. The second kappa shape index (κ2) is 8.58. The zero-order valence-electron chi connectivity index (χ0n) is 13.2. The first-order chi connectivity index (χ1) is 9.80. The van der Waals surface area contributed by atoms with Crippen molar-refractivity contribution in [3.63, 3.8) is 0 Å². The summed E-state index contributed by atoms with van der Waals surface area (Å²) in [4.78, 5) is 15.9. The number of likely N-dealkylation sites (tertiary alicyclic amines) is 1. The van der Waals surface area contributed by atoms with Gasteiger partial charge in [0.2, 0.25) is 5.84 Å². The van der Waals surface area contributed by atoms with Crippen LogP contribution < -0.4 is 11.5 Å². The molecule has 122 valence electrons. The van der Waals surface area contributed by atoms with E-state index in [2.05, 4.69) is 4.99 Å². The summed E-state index contributed by atoms with van der Waals surface area (Å²) in [5.74, 6) is 0.171. The molecule has 5 N–H and O–H groups in total. The molecule has 0 spiro atoms. The number of aliphatic imine (C=N–C) groups is 1. The molecule has 2 unspecified atom stereocenters. The van der Waals surface area contributed by atoms with Gasteiger partial charge >= 0.3 is 5.70 Å². The van der Waals surface area contributed by atoms with E-state index in [-0.39, 0.29) is 18.1 Å². The van der Waals surface area contributed by atoms with Crippen LogP contribution in [-0.4, -0.2) is 52.5 Å². The molecule has 0 radical (unpaired) electrons. The van der Waals surface area contributed by atoms with Crippen molar-refractivity contribution in [2.45, 2.75) is 45.3 Å². The number of nitro groups is 1. The van der Waals surface area contributed by atoms with Gasteiger partial charge in [0.1, 0.15) is 0 Å². The van der Waals surface area contributed by atoms with Crippen LogP contribution in [0.1, 0.15) is 33.6 Å². The minimum atomic E-state index is -0.653. The first-order valence-electron chi connectivity index (χ1n) is 7.06. The molecule has 21 heavy (non-hydrogen) atoms. The van der Waals surface area contributed by atoms with Crippen LogP contribution in [0.15, 0.2) is 16.9 Å². The van der Waals surface area contributed by atoms with E-state index in [0.29, 0.717) is 19.4 Å². The Morgan fingerprint density at radius 2 is 2.14 bits per heavy atom. The number of amidine groups is 1. The number of nitrogens with two attached hydrogens (primary N) is 2. The molecule has 1 fully saturated rings. The Morgan fingerprint density at radius 3 is 2.57 bits per heavy atom. The first kappa shape index (κ1) is 19.3. The molecule has 0 bridgehead atoms. The molecule has 0 saturated carbocycles. The third-order valence-corrected chi connectivity index (χ3v) is 3.18. The summed E-state index contributed by atoms with van der Waals surface area (Å²) in [7, 11) is 1.46. The predicted octanol–water partition coefficient (Wildman–Crippen LogP) is 0.292. The lowest BCUT2D eigenvalue weighted by Crippen LogP contribution is -2.39. The lowest BCUT2D eigenvalue weighted by atomic mass is 9.93. The van der Waals surface area contributed by atoms with Crippen LogP contribution in [0, 0.1) is 10.1 Å². The van der Waals surface area contributed by atoms with E-state index in [9.17, 15) is 15.2 Å². The van der Waals surface area contributed by atoms with Gasteiger partial charge in [-0.05, 0) is 19.8 Å². The van der Waals surface area contributed by atoms with Gasteiger partial charge in [-0.3, -0.25) is 15.1 Å². The van der Waals surface area contributed by atoms with Crippen molar-refractivity contribution in [3.8, 4) is 0 Å². The van der Waals surface area contributed by atoms with E-state index >= 15 is 0 Å². The van der Waals surface area contributed by atoms with E-state index in [4.69, 9.17) is 11.5 Å². The fourth-order valence-corrected chi connectivity index (χ4v) is 2.27. The Balaban J connectivity index is 0.00000191. The summed E-state index contributed by atoms with van der Waals surface area (Å²) < 4.78 is 0. The lowest BCUT2D eigenvalue weighted by molar-refractivity contribution is -0.416. The summed E-state index contributed by atoms with van der Waals surface area (Å²) in [5, 5.41) is 20.9. The molecule has 8 heteroatoms. The van der Waals surface area contributed by atoms with Crippen LogP contribution in [0.3, 0.4) is 0 Å². The quantitative estimate of drug-likeness (QED) is 0.291. The van der Waals surface area contributed by atoms with E-state index in [1.54, 1.807) is 4.90 Å². The zero-order chi connectivity index (χ0) is 16.6. The summed E-state index contributed by atoms with van der Waals surface area (Å²) in [6.45, 7) is 6.60. The van der Waals surface area contributed by atoms with Crippen LogP contribution in [0.25, 0.3) is 0 Å². The fourth-order valence-electron chi connectivity index (χ4n) is 2.27. The largest absolute Gasteiger partial charge is 0.399 e. The Morgan fingerprint density at radius 1 is 1.57 bits per heavy atom. The SMILES string of the molecule is CC.CN=C(/C(=C\N)[N+](=O)[O-])N1CCC(C)(N)CC(O)C1. The van der Waals surface area contributed by atoms with Crippen molar-refractivity contribution >= 4 is 5.84 Å². The van der Waals surface area contributed by atoms with Crippen molar-refractivity contribution in [1.82, 2.24) is 4.90 Å². The predicted molar refractivity (Wildman–Crippen MR) is 83.4 cm³/mol. The molecule has 0 aromatic heterocycles. The maximum Gasteiger partial charge on any atom is 0.326 e. The number of hydrogen-bond donors (Lipinski definition) is 3. The van der Waals surface area contributed by atoms with Gasteiger partial charge in [-0.15, -0.1) is 0 Å². The monoisotopic (exact) mass is 301 g/mol. The molecule has 0 aromatic rings. The highest BCUT2D eigenvalue weighted by Crippen LogP contribution is 2.21. The van der Waals surface area contributed by atoms with Gasteiger partial charge in [0.15, 0.2) is 0 Å². The maximum absolute atomic E-state index is 10.9. The Labute approximate surface area is 125 Å². The highest BCUT2D eigenvalue weighted by molar-refractivity contribution is 5.96. The molecular formula is C13H27N5O3. The van der Waals surface area contributed by atoms with Crippen molar-refractivity contribution < 1.29 is 10.0 Å². The van der Waals surface area contributed by atoms with Gasteiger partial charge in [-0.25, -0.2) is 0 Å². The summed E-state index contributed by atoms with van der Waals surface area (Å²) in [6.07, 6.45) is 1.32. The summed E-state index contributed by atoms with van der Waals surface area (Å²) in [6, 6.07) is 0. The molecule has 2 atom stereocenters. The van der Waals surface area contributed by atoms with Gasteiger partial charge in [0.25, 0.3) is 0 Å². The van der Waals surface area contributed by atoms with Gasteiger partial charge in [-0.1, -0.05) is 13.8 Å². The van der Waals surface area contributed by atoms with E-state index in [1.165, 1.54) is 7.05 Å². The Kier molecular flexibility index (Phi) is 7.90. The molecule has 1 heterocycles. The second-order valence-corrected chi connectivity index (χ2v) is 5.06. The van der Waals surface area contributed by atoms with Gasteiger partial charge in [-0.2, -0.15) is 0 Å². The summed E-state index contributed by atoms with van der Waals surface area (Å²) >= 11 is 0. The van der Waals surface area contributed by atoms with Crippen molar-refractivity contribution in [3.05, 3.63) is 22.0 Å². The minimum Gasteiger partial charge on any atom is -0.399 e. The lowest BCUT2D eigenvalue weighted by Gasteiger charge is -2.24. The van der Waals surface area contributed by atoms with Gasteiger partial charge in [0.05, 0.1) is 17.2 Å². The second-order valence-electron chi connectivity index (χ2n) is 5.06. The maximum atomic E-state index is 10.9. The van der Waals surface area contributed by atoms with Crippen molar-refractivity contribution in [1.29, 1.82) is 0 Å². The zero-order valence-corrected chi connectivity index (χ0v) is 13.2. The average molecular weight is 301 g/mol. The number of aliphatic hydroxyl groups excluding tert-OH is 1. The standard InChI is InChI=1S/C11H21N5O3.C2H6/c1-11(13)3-4-15(7-8(17)5-11)10(14-2)9(6-12)16(18)19;1-2/h6,8,17H,3-5,7,12-13H2,1-2H3;1-2H3/b9-6+,14-10?;. The van der Waals surface area contributed by atoms with Crippen LogP contribution in [0.2, 0.25) is 0 Å². The first-order valence-corrected chi connectivity index (χ1v) is 7.06. The smallest absolute Gasteiger partial charge is 0.326 e. The molecule has 8 nitrogen and oxygen atoms in total. The molecule has 0 aliphatic carbocycles. The highest BCUT2D eigenvalue weighted by atomic mass is 16.6. The van der Waals surface area contributed by atoms with E-state index in [1.807, 2.05) is 20.8 Å². The third kappa shape index (κ3) is 5.68. The van der Waals surface area contributed by atoms with Crippen LogP contribution in [0.5, 0.6) is 0 Å². The van der Waals surface area contributed by atoms with E-state index in [0.717, 1.165) is 6.20 Å². The third-order valence-electron chi connectivity index (χ3n) is 3.18. The van der Waals surface area contributed by atoms with Gasteiger partial charge < -0.3 is 21.5 Å². The van der Waals surface area contributed by atoms with Gasteiger partial charge in [0, 0.05) is 25.7 Å². The normalized spacial score (nSPS) is 27.5.